The van der Waals surface area contributed by atoms with Crippen molar-refractivity contribution in [2.45, 2.75) is 75.5 Å². The summed E-state index contributed by atoms with van der Waals surface area (Å²) in [7, 11) is 0. The molecule has 4 unspecified atom stereocenters. The van der Waals surface area contributed by atoms with Crippen LogP contribution < -0.4 is 21.3 Å². The minimum absolute atomic E-state index is 0.497. The Morgan fingerprint density at radius 1 is 0.542 bits per heavy atom. The van der Waals surface area contributed by atoms with Crippen molar-refractivity contribution in [3.05, 3.63) is 47.1 Å². The highest BCUT2D eigenvalue weighted by atomic mass is 15.0. The molecule has 0 spiro atoms. The van der Waals surface area contributed by atoms with E-state index in [0.29, 0.717) is 24.2 Å². The quantitative estimate of drug-likeness (QED) is 0.553. The van der Waals surface area contributed by atoms with Gasteiger partial charge in [-0.05, 0) is 75.7 Å². The summed E-state index contributed by atoms with van der Waals surface area (Å²) in [4.78, 5) is 0. The van der Waals surface area contributed by atoms with E-state index in [4.69, 9.17) is 0 Å². The largest absolute Gasteiger partial charge is 0.382 e. The van der Waals surface area contributed by atoms with E-state index < -0.39 is 0 Å². The maximum absolute atomic E-state index is 3.79. The third-order valence-corrected chi connectivity index (χ3v) is 6.00. The van der Waals surface area contributed by atoms with Crippen molar-refractivity contribution in [3.63, 3.8) is 0 Å². The molecule has 4 atom stereocenters. The molecule has 128 valence electrons. The zero-order valence-corrected chi connectivity index (χ0v) is 14.3. The molecule has 0 aromatic carbocycles. The van der Waals surface area contributed by atoms with Crippen molar-refractivity contribution < 1.29 is 0 Å². The number of hydrogen-bond acceptors (Lipinski definition) is 4. The van der Waals surface area contributed by atoms with Gasteiger partial charge in [-0.3, -0.25) is 0 Å². The normalized spacial score (nSPS) is 44.2. The molecule has 0 aromatic rings. The molecule has 4 nitrogen and oxygen atoms in total. The number of rotatable bonds is 0. The van der Waals surface area contributed by atoms with Crippen LogP contribution in [0.15, 0.2) is 47.1 Å². The second kappa shape index (κ2) is 5.99. The first-order chi connectivity index (χ1) is 11.8. The number of nitrogens with one attached hydrogen (secondary N) is 4. The minimum atomic E-state index is 0.497. The lowest BCUT2D eigenvalue weighted by molar-refractivity contribution is 0.657. The smallest absolute Gasteiger partial charge is 0.0464 e. The lowest BCUT2D eigenvalue weighted by Gasteiger charge is -2.13. The van der Waals surface area contributed by atoms with Crippen LogP contribution in [0.4, 0.5) is 0 Å². The first kappa shape index (κ1) is 14.6. The van der Waals surface area contributed by atoms with Crippen LogP contribution in [0.25, 0.3) is 0 Å². The number of allylic oxidation sites excluding steroid dienone is 4. The van der Waals surface area contributed by atoms with Crippen molar-refractivity contribution in [3.8, 4) is 0 Å². The molecule has 0 amide bonds. The van der Waals surface area contributed by atoms with Gasteiger partial charge in [0.2, 0.25) is 0 Å². The lowest BCUT2D eigenvalue weighted by Crippen LogP contribution is -2.29. The molecule has 8 bridgehead atoms. The monoisotopic (exact) mass is 324 g/mol. The van der Waals surface area contributed by atoms with Crippen LogP contribution >= 0.6 is 0 Å². The molecule has 5 heterocycles. The Morgan fingerprint density at radius 3 is 1.67 bits per heavy atom. The summed E-state index contributed by atoms with van der Waals surface area (Å²) in [5.74, 6) is 0. The summed E-state index contributed by atoms with van der Waals surface area (Å²) in [6.07, 6.45) is 19.4. The fraction of sp³-hybridized carbons (Fsp3) is 0.600. The number of hydrogen-bond donors (Lipinski definition) is 4. The Bertz CT molecular complexity index is 642. The SMILES string of the molecule is C1=C2CC/C(=C/C3CCC(/C=C4/CCC(/C=C5/CCC1N5)N4)N3)N2. The highest BCUT2D eigenvalue weighted by Crippen LogP contribution is 2.27. The van der Waals surface area contributed by atoms with Gasteiger partial charge < -0.3 is 21.3 Å². The van der Waals surface area contributed by atoms with Gasteiger partial charge in [-0.15, -0.1) is 0 Å². The van der Waals surface area contributed by atoms with Crippen LogP contribution in [0.3, 0.4) is 0 Å². The maximum Gasteiger partial charge on any atom is 0.0464 e. The highest BCUT2D eigenvalue weighted by molar-refractivity contribution is 5.27. The summed E-state index contributed by atoms with van der Waals surface area (Å²) in [5.41, 5.74) is 5.68. The Hall–Kier alpha value is -1.68. The predicted molar refractivity (Wildman–Crippen MR) is 97.0 cm³/mol. The van der Waals surface area contributed by atoms with E-state index >= 15 is 0 Å². The van der Waals surface area contributed by atoms with E-state index in [9.17, 15) is 0 Å². The molecule has 0 aromatic heterocycles. The molecule has 4 saturated heterocycles. The first-order valence-corrected chi connectivity index (χ1v) is 9.69. The van der Waals surface area contributed by atoms with Gasteiger partial charge in [0.1, 0.15) is 0 Å². The van der Waals surface area contributed by atoms with Gasteiger partial charge in [0.05, 0.1) is 0 Å². The standard InChI is InChI=1S/C20H28N4/c1-2-14-10-16-5-6-18(23-16)12-20-8-7-19(24-20)11-17-4-3-15(22-17)9-13(1)21-14/h9-14,17,20-24H,1-8H2/b15-9-,16-10-,18-12?,19-11-. The van der Waals surface area contributed by atoms with Gasteiger partial charge in [-0.25, -0.2) is 0 Å². The molecule has 5 aliphatic rings. The molecular formula is C20H28N4. The predicted octanol–water partition coefficient (Wildman–Crippen LogP) is 2.54. The summed E-state index contributed by atoms with van der Waals surface area (Å²) in [6.45, 7) is 0. The van der Waals surface area contributed by atoms with Crippen LogP contribution in [0.5, 0.6) is 0 Å². The zero-order valence-electron chi connectivity index (χ0n) is 14.3. The van der Waals surface area contributed by atoms with Gasteiger partial charge >= 0.3 is 0 Å². The molecule has 4 fully saturated rings. The summed E-state index contributed by atoms with van der Waals surface area (Å²) >= 11 is 0. The van der Waals surface area contributed by atoms with Gasteiger partial charge in [-0.2, -0.15) is 0 Å². The highest BCUT2D eigenvalue weighted by Gasteiger charge is 2.26. The van der Waals surface area contributed by atoms with Crippen LogP contribution in [0, 0.1) is 0 Å². The van der Waals surface area contributed by atoms with Gasteiger partial charge in [0.15, 0.2) is 0 Å². The van der Waals surface area contributed by atoms with Gasteiger partial charge in [-0.1, -0.05) is 0 Å². The van der Waals surface area contributed by atoms with E-state index in [2.05, 4.69) is 45.6 Å². The van der Waals surface area contributed by atoms with E-state index in [1.165, 1.54) is 61.3 Å². The van der Waals surface area contributed by atoms with Gasteiger partial charge in [0, 0.05) is 47.0 Å². The van der Waals surface area contributed by atoms with Crippen molar-refractivity contribution in [2.24, 2.45) is 0 Å². The van der Waals surface area contributed by atoms with Crippen molar-refractivity contribution in [2.75, 3.05) is 0 Å². The third-order valence-electron chi connectivity index (χ3n) is 6.00. The molecule has 5 aliphatic heterocycles. The van der Waals surface area contributed by atoms with E-state index in [1.54, 1.807) is 0 Å². The minimum Gasteiger partial charge on any atom is -0.382 e. The first-order valence-electron chi connectivity index (χ1n) is 9.69. The fourth-order valence-corrected chi connectivity index (χ4v) is 4.79. The molecule has 0 radical (unpaired) electrons. The maximum atomic E-state index is 3.79. The second-order valence-corrected chi connectivity index (χ2v) is 7.93. The van der Waals surface area contributed by atoms with E-state index in [0.717, 1.165) is 12.8 Å². The molecular weight excluding hydrogens is 296 g/mol. The molecule has 24 heavy (non-hydrogen) atoms. The fourth-order valence-electron chi connectivity index (χ4n) is 4.79. The topological polar surface area (TPSA) is 48.1 Å². The van der Waals surface area contributed by atoms with Crippen molar-refractivity contribution in [1.29, 1.82) is 0 Å². The Balaban J connectivity index is 1.43. The summed E-state index contributed by atoms with van der Waals surface area (Å²) in [6, 6.07) is 2.05. The Kier molecular flexibility index (Phi) is 3.66. The zero-order chi connectivity index (χ0) is 15.9. The van der Waals surface area contributed by atoms with Crippen LogP contribution in [-0.4, -0.2) is 24.2 Å². The Labute approximate surface area is 144 Å². The molecule has 4 heteroatoms. The van der Waals surface area contributed by atoms with Crippen molar-refractivity contribution >= 4 is 0 Å². The van der Waals surface area contributed by atoms with Crippen LogP contribution in [0.1, 0.15) is 51.4 Å². The van der Waals surface area contributed by atoms with Crippen LogP contribution in [-0.2, 0) is 0 Å². The molecule has 0 saturated carbocycles. The summed E-state index contributed by atoms with van der Waals surface area (Å²) in [5, 5.41) is 14.9. The average molecular weight is 324 g/mol. The Morgan fingerprint density at radius 2 is 1.04 bits per heavy atom. The summed E-state index contributed by atoms with van der Waals surface area (Å²) < 4.78 is 0. The van der Waals surface area contributed by atoms with Crippen LogP contribution in [0.2, 0.25) is 0 Å². The second-order valence-electron chi connectivity index (χ2n) is 7.93. The molecule has 5 rings (SSSR count). The van der Waals surface area contributed by atoms with Crippen molar-refractivity contribution in [1.82, 2.24) is 21.3 Å². The lowest BCUT2D eigenvalue weighted by atomic mass is 10.1. The average Bonchev–Trinajstić information content (AvgIpc) is 3.32. The van der Waals surface area contributed by atoms with Gasteiger partial charge in [0.25, 0.3) is 0 Å². The molecule has 0 aliphatic carbocycles. The molecule has 4 N–H and O–H groups in total. The van der Waals surface area contributed by atoms with E-state index in [1.807, 2.05) is 0 Å². The third kappa shape index (κ3) is 3.00. The number of fused-ring (bicyclic) bond motifs is 8. The van der Waals surface area contributed by atoms with E-state index in [-0.39, 0.29) is 0 Å².